The van der Waals surface area contributed by atoms with E-state index in [1.165, 1.54) is 6.07 Å². The largest absolute Gasteiger partial charge is 0.341 e. The van der Waals surface area contributed by atoms with Gasteiger partial charge in [0.2, 0.25) is 5.95 Å². The molecule has 6 rings (SSSR count). The van der Waals surface area contributed by atoms with Gasteiger partial charge in [-0.05, 0) is 37.5 Å². The van der Waals surface area contributed by atoms with Gasteiger partial charge in [0.05, 0.1) is 12.2 Å². The molecule has 1 aromatic carbocycles. The summed E-state index contributed by atoms with van der Waals surface area (Å²) in [6.45, 7) is 2.05. The van der Waals surface area contributed by atoms with Crippen LogP contribution in [0, 0.1) is 11.6 Å². The Morgan fingerprint density at radius 2 is 1.94 bits per heavy atom. The molecule has 3 aromatic heterocycles. The summed E-state index contributed by atoms with van der Waals surface area (Å²) in [5.41, 5.74) is 1.10. The van der Waals surface area contributed by atoms with E-state index in [0.717, 1.165) is 24.4 Å². The fourth-order valence-corrected chi connectivity index (χ4v) is 4.63. The van der Waals surface area contributed by atoms with Crippen LogP contribution in [0.1, 0.15) is 38.1 Å². The molecule has 0 spiro atoms. The van der Waals surface area contributed by atoms with Crippen LogP contribution in [0.15, 0.2) is 43.1 Å². The van der Waals surface area contributed by atoms with Crippen molar-refractivity contribution in [2.24, 2.45) is 0 Å². The lowest BCUT2D eigenvalue weighted by Crippen LogP contribution is -2.50. The minimum atomic E-state index is -0.962. The molecule has 4 heterocycles. The van der Waals surface area contributed by atoms with Crippen molar-refractivity contribution < 1.29 is 13.2 Å². The zero-order chi connectivity index (χ0) is 22.7. The molecule has 168 valence electrons. The number of imidazole rings is 1. The Labute approximate surface area is 186 Å². The number of fused-ring (bicyclic) bond motifs is 3. The van der Waals surface area contributed by atoms with Crippen molar-refractivity contribution >= 4 is 5.82 Å². The van der Waals surface area contributed by atoms with Gasteiger partial charge in [0, 0.05) is 24.0 Å². The highest BCUT2D eigenvalue weighted by molar-refractivity contribution is 5.64. The van der Waals surface area contributed by atoms with Crippen molar-refractivity contribution in [3.63, 3.8) is 0 Å². The first-order valence-electron chi connectivity index (χ1n) is 10.7. The van der Waals surface area contributed by atoms with E-state index in [9.17, 15) is 13.2 Å². The molecule has 0 unspecified atom stereocenters. The van der Waals surface area contributed by atoms with Crippen molar-refractivity contribution in [2.45, 2.75) is 44.4 Å². The quantitative estimate of drug-likeness (QED) is 0.467. The maximum absolute atomic E-state index is 13.8. The molecule has 1 atom stereocenters. The summed E-state index contributed by atoms with van der Waals surface area (Å²) < 4.78 is 44.6. The molecule has 0 bridgehead atoms. The first kappa shape index (κ1) is 19.9. The van der Waals surface area contributed by atoms with Crippen molar-refractivity contribution in [2.75, 3.05) is 4.90 Å². The third-order valence-corrected chi connectivity index (χ3v) is 6.32. The van der Waals surface area contributed by atoms with Gasteiger partial charge in [-0.15, -0.1) is 10.2 Å². The average Bonchev–Trinajstić information content (AvgIpc) is 3.48. The van der Waals surface area contributed by atoms with E-state index in [1.54, 1.807) is 29.5 Å². The molecule has 33 heavy (non-hydrogen) atoms. The van der Waals surface area contributed by atoms with Crippen molar-refractivity contribution in [3.05, 3.63) is 60.6 Å². The molecule has 11 heteroatoms. The van der Waals surface area contributed by atoms with Crippen LogP contribution in [0.2, 0.25) is 0 Å². The second kappa shape index (κ2) is 7.39. The molecule has 0 radical (unpaired) electrons. The Hall–Kier alpha value is -3.76. The van der Waals surface area contributed by atoms with Crippen LogP contribution in [0.3, 0.4) is 0 Å². The number of aromatic nitrogens is 7. The smallest absolute Gasteiger partial charge is 0.237 e. The Kier molecular flexibility index (Phi) is 4.46. The van der Waals surface area contributed by atoms with Gasteiger partial charge in [-0.2, -0.15) is 4.98 Å². The normalized spacial score (nSPS) is 21.5. The number of rotatable bonds is 4. The molecule has 1 aliphatic heterocycles. The lowest BCUT2D eigenvalue weighted by Gasteiger charge is -2.46. The molecule has 4 aromatic rings. The molecular weight excluding hydrogens is 433 g/mol. The number of alkyl halides is 1. The summed E-state index contributed by atoms with van der Waals surface area (Å²) in [6, 6.07) is 3.49. The third-order valence-electron chi connectivity index (χ3n) is 6.32. The number of halogens is 3. The SMILES string of the molecule is CC[C@@H]1c2nncn2-c2cnc(-n3ccnc3-c3ccc(F)c(F)c3)nc2N1C1CC(F)C1. The zero-order valence-electron chi connectivity index (χ0n) is 17.6. The molecule has 2 aliphatic rings. The van der Waals surface area contributed by atoms with Crippen LogP contribution in [0.5, 0.6) is 0 Å². The number of hydrogen-bond donors (Lipinski definition) is 0. The number of benzene rings is 1. The van der Waals surface area contributed by atoms with Crippen molar-refractivity contribution in [1.82, 2.24) is 34.3 Å². The fourth-order valence-electron chi connectivity index (χ4n) is 4.63. The Balaban J connectivity index is 1.49. The topological polar surface area (TPSA) is 77.5 Å². The van der Waals surface area contributed by atoms with Gasteiger partial charge in [-0.3, -0.25) is 9.13 Å². The van der Waals surface area contributed by atoms with E-state index in [-0.39, 0.29) is 12.1 Å². The first-order valence-corrected chi connectivity index (χ1v) is 10.7. The third kappa shape index (κ3) is 3.02. The number of nitrogens with zero attached hydrogens (tertiary/aromatic N) is 8. The van der Waals surface area contributed by atoms with Gasteiger partial charge in [-0.1, -0.05) is 6.92 Å². The standard InChI is InChI=1S/C22H19F3N8/c1-2-17-21-30-28-11-32(21)18-10-27-22(29-20(18)33(17)14-8-13(23)9-14)31-6-5-26-19(31)12-3-4-15(24)16(25)7-12/h3-7,10-11,13-14,17H,2,8-9H2,1H3/t13?,14?,17-/m1/s1. The lowest BCUT2D eigenvalue weighted by atomic mass is 9.87. The van der Waals surface area contributed by atoms with Crippen LogP contribution in [-0.4, -0.2) is 46.5 Å². The summed E-state index contributed by atoms with van der Waals surface area (Å²) in [4.78, 5) is 15.8. The molecule has 0 amide bonds. The van der Waals surface area contributed by atoms with E-state index in [1.807, 2.05) is 11.5 Å². The van der Waals surface area contributed by atoms with E-state index in [4.69, 9.17) is 4.98 Å². The number of anilines is 1. The maximum Gasteiger partial charge on any atom is 0.237 e. The zero-order valence-corrected chi connectivity index (χ0v) is 17.6. The molecule has 1 aliphatic carbocycles. The van der Waals surface area contributed by atoms with Crippen LogP contribution in [0.4, 0.5) is 19.0 Å². The van der Waals surface area contributed by atoms with Gasteiger partial charge in [0.25, 0.3) is 0 Å². The molecule has 0 N–H and O–H groups in total. The molecular formula is C22H19F3N8. The summed E-state index contributed by atoms with van der Waals surface area (Å²) in [5, 5.41) is 8.37. The van der Waals surface area contributed by atoms with Gasteiger partial charge in [0.1, 0.15) is 24.0 Å². The molecule has 8 nitrogen and oxygen atoms in total. The minimum absolute atomic E-state index is 0.00893. The van der Waals surface area contributed by atoms with E-state index >= 15 is 0 Å². The summed E-state index contributed by atoms with van der Waals surface area (Å²) in [5.74, 6) is 0.227. The molecule has 1 saturated carbocycles. The lowest BCUT2D eigenvalue weighted by molar-refractivity contribution is 0.164. The summed E-state index contributed by atoms with van der Waals surface area (Å²) in [7, 11) is 0. The van der Waals surface area contributed by atoms with Gasteiger partial charge < -0.3 is 4.90 Å². The van der Waals surface area contributed by atoms with Gasteiger partial charge >= 0.3 is 0 Å². The Bertz CT molecular complexity index is 1340. The highest BCUT2D eigenvalue weighted by Crippen LogP contribution is 2.44. The van der Waals surface area contributed by atoms with Crippen LogP contribution >= 0.6 is 0 Å². The van der Waals surface area contributed by atoms with E-state index in [0.29, 0.717) is 41.7 Å². The van der Waals surface area contributed by atoms with Crippen molar-refractivity contribution in [3.8, 4) is 23.0 Å². The fraction of sp³-hybridized carbons (Fsp3) is 0.318. The molecule has 0 saturated heterocycles. The Morgan fingerprint density at radius 1 is 1.09 bits per heavy atom. The van der Waals surface area contributed by atoms with Crippen molar-refractivity contribution in [1.29, 1.82) is 0 Å². The minimum Gasteiger partial charge on any atom is -0.341 e. The number of hydrogen-bond acceptors (Lipinski definition) is 6. The highest BCUT2D eigenvalue weighted by Gasteiger charge is 2.43. The van der Waals surface area contributed by atoms with Crippen LogP contribution in [0.25, 0.3) is 23.0 Å². The average molecular weight is 452 g/mol. The maximum atomic E-state index is 13.8. The van der Waals surface area contributed by atoms with E-state index < -0.39 is 17.8 Å². The second-order valence-electron chi connectivity index (χ2n) is 8.24. The van der Waals surface area contributed by atoms with Gasteiger partial charge in [-0.25, -0.2) is 23.1 Å². The van der Waals surface area contributed by atoms with E-state index in [2.05, 4.69) is 25.1 Å². The predicted octanol–water partition coefficient (Wildman–Crippen LogP) is 3.96. The highest BCUT2D eigenvalue weighted by atomic mass is 19.2. The second-order valence-corrected chi connectivity index (χ2v) is 8.24. The monoisotopic (exact) mass is 452 g/mol. The van der Waals surface area contributed by atoms with Crippen LogP contribution in [-0.2, 0) is 0 Å². The first-order chi connectivity index (χ1) is 16.0. The Morgan fingerprint density at radius 3 is 2.70 bits per heavy atom. The summed E-state index contributed by atoms with van der Waals surface area (Å²) >= 11 is 0. The predicted molar refractivity (Wildman–Crippen MR) is 113 cm³/mol. The van der Waals surface area contributed by atoms with Crippen LogP contribution < -0.4 is 4.90 Å². The summed E-state index contributed by atoms with van der Waals surface area (Å²) in [6.07, 6.45) is 7.27. The van der Waals surface area contributed by atoms with Gasteiger partial charge in [0.15, 0.2) is 23.3 Å². The molecule has 1 fully saturated rings.